The molecule has 2 heterocycles. The summed E-state index contributed by atoms with van der Waals surface area (Å²) in [6.45, 7) is 7.71. The number of ether oxygens (including phenoxy) is 1. The van der Waals surface area contributed by atoms with E-state index in [1.807, 2.05) is 20.8 Å². The Kier molecular flexibility index (Phi) is 9.53. The number of benzene rings is 1. The Morgan fingerprint density at radius 2 is 1.91 bits per heavy atom. The zero-order valence-electron chi connectivity index (χ0n) is 19.6. The number of carbonyl (C=O) groups is 5. The molecule has 0 bridgehead atoms. The first kappa shape index (κ1) is 26.0. The summed E-state index contributed by atoms with van der Waals surface area (Å²) in [5.41, 5.74) is 0.310. The molecular weight excluding hydrogens is 428 g/mol. The van der Waals surface area contributed by atoms with E-state index in [1.165, 1.54) is 6.07 Å². The Bertz CT molecular complexity index is 916. The van der Waals surface area contributed by atoms with E-state index in [1.54, 1.807) is 24.1 Å². The second-order valence-electron chi connectivity index (χ2n) is 7.39. The number of nitrogens with one attached hydrogen (secondary N) is 2. The summed E-state index contributed by atoms with van der Waals surface area (Å²) in [4.78, 5) is 63.4. The number of piperidine rings is 1. The average molecular weight is 461 g/mol. The zero-order valence-corrected chi connectivity index (χ0v) is 19.6. The maximum atomic E-state index is 13.0. The molecule has 33 heavy (non-hydrogen) atoms. The molecule has 0 saturated carbocycles. The van der Waals surface area contributed by atoms with Crippen molar-refractivity contribution in [3.63, 3.8) is 0 Å². The second kappa shape index (κ2) is 12.1. The number of imide groups is 2. The van der Waals surface area contributed by atoms with Crippen molar-refractivity contribution in [2.24, 2.45) is 0 Å². The molecule has 2 N–H and O–H groups in total. The first-order valence-corrected chi connectivity index (χ1v) is 11.3. The van der Waals surface area contributed by atoms with Crippen LogP contribution in [0.15, 0.2) is 18.2 Å². The summed E-state index contributed by atoms with van der Waals surface area (Å²) in [6, 6.07) is 3.73. The van der Waals surface area contributed by atoms with E-state index >= 15 is 0 Å². The van der Waals surface area contributed by atoms with Crippen molar-refractivity contribution in [1.82, 2.24) is 20.4 Å². The van der Waals surface area contributed by atoms with Gasteiger partial charge in [0.25, 0.3) is 11.8 Å². The summed E-state index contributed by atoms with van der Waals surface area (Å²) < 4.78 is 5.73. The smallest absolute Gasteiger partial charge is 0.266 e. The molecule has 1 aromatic carbocycles. The van der Waals surface area contributed by atoms with E-state index < -0.39 is 29.7 Å². The second-order valence-corrected chi connectivity index (χ2v) is 7.39. The fourth-order valence-corrected chi connectivity index (χ4v) is 3.60. The van der Waals surface area contributed by atoms with Crippen LogP contribution >= 0.6 is 0 Å². The van der Waals surface area contributed by atoms with E-state index in [2.05, 4.69) is 10.6 Å². The van der Waals surface area contributed by atoms with Crippen LogP contribution in [0.3, 0.4) is 0 Å². The first-order valence-electron chi connectivity index (χ1n) is 11.3. The summed E-state index contributed by atoms with van der Waals surface area (Å²) in [6.07, 6.45) is 0.629. The molecule has 1 atom stereocenters. The number of hydrogen-bond acceptors (Lipinski definition) is 7. The zero-order chi connectivity index (χ0) is 24.5. The summed E-state index contributed by atoms with van der Waals surface area (Å²) in [7, 11) is 1.74. The number of amides is 5. The lowest BCUT2D eigenvalue weighted by Crippen LogP contribution is -2.54. The molecule has 1 saturated heterocycles. The standard InChI is InChI=1S/C21H26N4O6.C2H6/c1-3-17(27)24(2)11-9-22-10-12-31-15-6-4-5-13-18(15)21(30)25(20(13)29)14-7-8-16(26)23-19(14)28;1-2/h4-6,14,22H,3,7-12H2,1-2H3,(H,23,26,28);1-2H3. The van der Waals surface area contributed by atoms with E-state index in [-0.39, 0.29) is 42.2 Å². The number of fused-ring (bicyclic) bond motifs is 1. The first-order chi connectivity index (χ1) is 15.8. The third-order valence-electron chi connectivity index (χ3n) is 5.32. The van der Waals surface area contributed by atoms with Crippen molar-refractivity contribution in [1.29, 1.82) is 0 Å². The number of rotatable bonds is 9. The molecule has 0 radical (unpaired) electrons. The van der Waals surface area contributed by atoms with Gasteiger partial charge in [-0.25, -0.2) is 0 Å². The highest BCUT2D eigenvalue weighted by molar-refractivity contribution is 6.24. The number of hydrogen-bond donors (Lipinski definition) is 2. The van der Waals surface area contributed by atoms with Crippen LogP contribution in [0.4, 0.5) is 0 Å². The molecule has 2 aliphatic rings. The third-order valence-corrected chi connectivity index (χ3v) is 5.32. The monoisotopic (exact) mass is 460 g/mol. The van der Waals surface area contributed by atoms with Gasteiger partial charge in [-0.1, -0.05) is 26.8 Å². The van der Waals surface area contributed by atoms with Crippen molar-refractivity contribution < 1.29 is 28.7 Å². The lowest BCUT2D eigenvalue weighted by atomic mass is 10.0. The van der Waals surface area contributed by atoms with Crippen LogP contribution in [0.2, 0.25) is 0 Å². The van der Waals surface area contributed by atoms with Crippen molar-refractivity contribution in [3.8, 4) is 5.75 Å². The van der Waals surface area contributed by atoms with Crippen molar-refractivity contribution >= 4 is 29.5 Å². The Balaban J connectivity index is 0.00000187. The van der Waals surface area contributed by atoms with Crippen molar-refractivity contribution in [2.45, 2.75) is 46.1 Å². The molecule has 10 heteroatoms. The van der Waals surface area contributed by atoms with Gasteiger partial charge in [0.05, 0.1) is 11.1 Å². The largest absolute Gasteiger partial charge is 0.491 e. The normalized spacial score (nSPS) is 17.2. The minimum absolute atomic E-state index is 0.0673. The summed E-state index contributed by atoms with van der Waals surface area (Å²) in [5, 5.41) is 5.33. The number of carbonyl (C=O) groups excluding carboxylic acids is 5. The van der Waals surface area contributed by atoms with E-state index in [0.29, 0.717) is 26.1 Å². The summed E-state index contributed by atoms with van der Waals surface area (Å²) >= 11 is 0. The van der Waals surface area contributed by atoms with Gasteiger partial charge in [0.15, 0.2) is 0 Å². The Morgan fingerprint density at radius 1 is 1.18 bits per heavy atom. The minimum Gasteiger partial charge on any atom is -0.491 e. The lowest BCUT2D eigenvalue weighted by molar-refractivity contribution is -0.136. The molecule has 180 valence electrons. The van der Waals surface area contributed by atoms with Crippen LogP contribution in [0.1, 0.15) is 60.7 Å². The average Bonchev–Trinajstić information content (AvgIpc) is 3.07. The SMILES string of the molecule is CC.CCC(=O)N(C)CCNCCOc1cccc2c1C(=O)N(C1CCC(=O)NC1=O)C2=O. The Hall–Kier alpha value is -3.27. The van der Waals surface area contributed by atoms with Crippen LogP contribution in [0.5, 0.6) is 5.75 Å². The molecule has 5 amide bonds. The Labute approximate surface area is 193 Å². The quantitative estimate of drug-likeness (QED) is 0.415. The van der Waals surface area contributed by atoms with Gasteiger partial charge in [-0.3, -0.25) is 34.2 Å². The highest BCUT2D eigenvalue weighted by Crippen LogP contribution is 2.33. The van der Waals surface area contributed by atoms with Gasteiger partial charge >= 0.3 is 0 Å². The van der Waals surface area contributed by atoms with Gasteiger partial charge in [-0.05, 0) is 18.6 Å². The van der Waals surface area contributed by atoms with E-state index in [9.17, 15) is 24.0 Å². The predicted molar refractivity (Wildman–Crippen MR) is 121 cm³/mol. The highest BCUT2D eigenvalue weighted by atomic mass is 16.5. The van der Waals surface area contributed by atoms with Crippen LogP contribution in [-0.4, -0.2) is 78.7 Å². The minimum atomic E-state index is -1.01. The fraction of sp³-hybridized carbons (Fsp3) is 0.522. The van der Waals surface area contributed by atoms with Crippen molar-refractivity contribution in [2.75, 3.05) is 33.3 Å². The molecule has 0 aromatic heterocycles. The van der Waals surface area contributed by atoms with Gasteiger partial charge in [-0.2, -0.15) is 0 Å². The molecular formula is C23H32N4O6. The molecule has 1 aromatic rings. The van der Waals surface area contributed by atoms with Crippen LogP contribution in [0, 0.1) is 0 Å². The topological polar surface area (TPSA) is 125 Å². The lowest BCUT2D eigenvalue weighted by Gasteiger charge is -2.27. The molecule has 0 aliphatic carbocycles. The maximum absolute atomic E-state index is 13.0. The molecule has 2 aliphatic heterocycles. The van der Waals surface area contributed by atoms with Crippen LogP contribution < -0.4 is 15.4 Å². The molecule has 1 fully saturated rings. The molecule has 10 nitrogen and oxygen atoms in total. The van der Waals surface area contributed by atoms with E-state index in [4.69, 9.17) is 4.74 Å². The van der Waals surface area contributed by atoms with Crippen LogP contribution in [0.25, 0.3) is 0 Å². The third kappa shape index (κ3) is 5.95. The summed E-state index contributed by atoms with van der Waals surface area (Å²) in [5.74, 6) is -1.89. The maximum Gasteiger partial charge on any atom is 0.266 e. The van der Waals surface area contributed by atoms with Gasteiger partial charge in [0, 0.05) is 39.5 Å². The van der Waals surface area contributed by atoms with Gasteiger partial charge < -0.3 is 15.0 Å². The number of nitrogens with zero attached hydrogens (tertiary/aromatic N) is 2. The molecule has 3 rings (SSSR count). The van der Waals surface area contributed by atoms with Gasteiger partial charge in [0.1, 0.15) is 18.4 Å². The molecule has 0 spiro atoms. The van der Waals surface area contributed by atoms with E-state index in [0.717, 1.165) is 4.90 Å². The van der Waals surface area contributed by atoms with Gasteiger partial charge in [-0.15, -0.1) is 0 Å². The predicted octanol–water partition coefficient (Wildman–Crippen LogP) is 0.951. The van der Waals surface area contributed by atoms with Gasteiger partial charge in [0.2, 0.25) is 17.7 Å². The fourth-order valence-electron chi connectivity index (χ4n) is 3.60. The Morgan fingerprint density at radius 3 is 2.58 bits per heavy atom. The van der Waals surface area contributed by atoms with Crippen molar-refractivity contribution in [3.05, 3.63) is 29.3 Å². The van der Waals surface area contributed by atoms with Crippen LogP contribution in [-0.2, 0) is 14.4 Å². The highest BCUT2D eigenvalue weighted by Gasteiger charge is 2.45. The number of likely N-dealkylation sites (N-methyl/N-ethyl adjacent to an activating group) is 1. The molecule has 1 unspecified atom stereocenters.